The molecule has 0 bridgehead atoms. The number of aromatic nitrogens is 4. The summed E-state index contributed by atoms with van der Waals surface area (Å²) < 4.78 is 0. The Bertz CT molecular complexity index is 1170. The fourth-order valence-electron chi connectivity index (χ4n) is 3.72. The fraction of sp³-hybridized carbons (Fsp3) is 0.238. The van der Waals surface area contributed by atoms with E-state index < -0.39 is 0 Å². The van der Waals surface area contributed by atoms with Crippen LogP contribution in [0.5, 0.6) is 0 Å². The maximum Gasteiger partial charge on any atom is 0.227 e. The van der Waals surface area contributed by atoms with Gasteiger partial charge in [-0.2, -0.15) is 0 Å². The Balaban J connectivity index is 1.27. The van der Waals surface area contributed by atoms with Gasteiger partial charge in [-0.25, -0.2) is 4.98 Å². The summed E-state index contributed by atoms with van der Waals surface area (Å²) in [5.74, 6) is 0.782. The van der Waals surface area contributed by atoms with Crippen molar-refractivity contribution < 1.29 is 4.79 Å². The number of amides is 1. The number of aryl methyl sites for hydroxylation is 1. The Hall–Kier alpha value is -2.93. The van der Waals surface area contributed by atoms with E-state index in [1.54, 1.807) is 0 Å². The van der Waals surface area contributed by atoms with Gasteiger partial charge < -0.3 is 9.88 Å². The van der Waals surface area contributed by atoms with Crippen molar-refractivity contribution in [2.45, 2.75) is 24.4 Å². The summed E-state index contributed by atoms with van der Waals surface area (Å²) >= 11 is 1.47. The number of thioether (sulfide) groups is 1. The smallest absolute Gasteiger partial charge is 0.227 e. The molecule has 1 aliphatic heterocycles. The molecule has 0 spiro atoms. The van der Waals surface area contributed by atoms with E-state index >= 15 is 0 Å². The number of rotatable bonds is 4. The summed E-state index contributed by atoms with van der Waals surface area (Å²) in [6.45, 7) is 0.791. The second-order valence-corrected chi connectivity index (χ2v) is 7.90. The van der Waals surface area contributed by atoms with Crippen LogP contribution in [0.1, 0.15) is 18.4 Å². The molecule has 4 aromatic rings. The summed E-state index contributed by atoms with van der Waals surface area (Å²) in [7, 11) is 0. The molecule has 0 aliphatic carbocycles. The Morgan fingerprint density at radius 3 is 2.93 bits per heavy atom. The van der Waals surface area contributed by atoms with Gasteiger partial charge in [0.2, 0.25) is 11.1 Å². The molecule has 28 heavy (non-hydrogen) atoms. The molecule has 0 radical (unpaired) electrons. The second kappa shape index (κ2) is 7.24. The maximum absolute atomic E-state index is 12.7. The number of aromatic amines is 1. The highest BCUT2D eigenvalue weighted by molar-refractivity contribution is 7.99. The lowest BCUT2D eigenvalue weighted by Crippen LogP contribution is -2.35. The second-order valence-electron chi connectivity index (χ2n) is 6.84. The molecule has 1 amide bonds. The molecule has 3 heterocycles. The molecule has 5 rings (SSSR count). The summed E-state index contributed by atoms with van der Waals surface area (Å²) in [6, 6.07) is 16.1. The van der Waals surface area contributed by atoms with E-state index in [9.17, 15) is 4.79 Å². The molecule has 0 fully saturated rings. The van der Waals surface area contributed by atoms with Crippen LogP contribution in [0.4, 0.5) is 5.69 Å². The first kappa shape index (κ1) is 17.2. The molecule has 1 N–H and O–H groups in total. The minimum Gasteiger partial charge on any atom is -0.338 e. The average Bonchev–Trinajstić information content (AvgIpc) is 3.11. The van der Waals surface area contributed by atoms with Crippen LogP contribution < -0.4 is 4.90 Å². The largest absolute Gasteiger partial charge is 0.338 e. The summed E-state index contributed by atoms with van der Waals surface area (Å²) in [6.07, 6.45) is 2.51. The van der Waals surface area contributed by atoms with Gasteiger partial charge >= 0.3 is 0 Å². The molecule has 7 heteroatoms. The highest BCUT2D eigenvalue weighted by Crippen LogP contribution is 2.28. The highest BCUT2D eigenvalue weighted by Gasteiger charge is 2.21. The van der Waals surface area contributed by atoms with Crippen LogP contribution in [0.25, 0.3) is 22.1 Å². The number of nitrogens with one attached hydrogen (secondary N) is 1. The lowest BCUT2D eigenvalue weighted by atomic mass is 10.0. The molecule has 2 aromatic heterocycles. The first-order valence-corrected chi connectivity index (χ1v) is 10.4. The molecular weight excluding hydrogens is 370 g/mol. The van der Waals surface area contributed by atoms with Gasteiger partial charge in [-0.3, -0.25) is 4.79 Å². The predicted octanol–water partition coefficient (Wildman–Crippen LogP) is 3.97. The average molecular weight is 389 g/mol. The lowest BCUT2D eigenvalue weighted by Gasteiger charge is -2.29. The first-order valence-electron chi connectivity index (χ1n) is 9.42. The van der Waals surface area contributed by atoms with E-state index in [0.717, 1.165) is 47.1 Å². The van der Waals surface area contributed by atoms with Crippen molar-refractivity contribution in [3.8, 4) is 0 Å². The molecular formula is C21H19N5OS. The summed E-state index contributed by atoms with van der Waals surface area (Å²) in [4.78, 5) is 22.5. The van der Waals surface area contributed by atoms with Crippen molar-refractivity contribution in [2.75, 3.05) is 17.2 Å². The van der Waals surface area contributed by atoms with Crippen LogP contribution in [-0.2, 0) is 11.2 Å². The van der Waals surface area contributed by atoms with Crippen molar-refractivity contribution in [1.82, 2.24) is 20.2 Å². The van der Waals surface area contributed by atoms with Gasteiger partial charge in [-0.15, -0.1) is 10.2 Å². The highest BCUT2D eigenvalue weighted by atomic mass is 32.2. The van der Waals surface area contributed by atoms with Gasteiger partial charge in [-0.05, 0) is 30.5 Å². The van der Waals surface area contributed by atoms with Crippen LogP contribution in [0.2, 0.25) is 0 Å². The van der Waals surface area contributed by atoms with Crippen molar-refractivity contribution >= 4 is 45.4 Å². The molecule has 6 nitrogen and oxygen atoms in total. The van der Waals surface area contributed by atoms with Gasteiger partial charge in [0, 0.05) is 35.3 Å². The minimum atomic E-state index is 0.152. The van der Waals surface area contributed by atoms with Crippen LogP contribution >= 0.6 is 11.8 Å². The molecule has 0 unspecified atom stereocenters. The molecule has 0 saturated carbocycles. The number of hydrogen-bond acceptors (Lipinski definition) is 5. The molecule has 0 atom stereocenters. The van der Waals surface area contributed by atoms with Crippen LogP contribution in [0, 0.1) is 0 Å². The van der Waals surface area contributed by atoms with Crippen molar-refractivity contribution in [3.63, 3.8) is 0 Å². The fourth-order valence-corrected chi connectivity index (χ4v) is 4.44. The number of benzene rings is 2. The van der Waals surface area contributed by atoms with Gasteiger partial charge in [0.15, 0.2) is 5.65 Å². The number of hydrogen-bond donors (Lipinski definition) is 1. The van der Waals surface area contributed by atoms with Crippen LogP contribution in [0.15, 0.2) is 53.7 Å². The van der Waals surface area contributed by atoms with E-state index in [4.69, 9.17) is 0 Å². The Morgan fingerprint density at radius 1 is 1.11 bits per heavy atom. The molecule has 1 aliphatic rings. The van der Waals surface area contributed by atoms with Crippen LogP contribution in [0.3, 0.4) is 0 Å². The first-order chi connectivity index (χ1) is 13.8. The van der Waals surface area contributed by atoms with Crippen molar-refractivity contribution in [2.24, 2.45) is 0 Å². The number of H-pyrrole nitrogens is 1. The number of carbonyl (C=O) groups is 1. The van der Waals surface area contributed by atoms with E-state index in [1.165, 1.54) is 17.3 Å². The SMILES string of the molecule is O=C(CCSc1nnc2c(n1)[nH]c1ccccc12)N1CCCc2ccccc21. The van der Waals surface area contributed by atoms with Crippen molar-refractivity contribution in [3.05, 3.63) is 54.1 Å². The zero-order valence-corrected chi connectivity index (χ0v) is 16.1. The zero-order valence-electron chi connectivity index (χ0n) is 15.3. The number of fused-ring (bicyclic) bond motifs is 4. The van der Waals surface area contributed by atoms with Gasteiger partial charge in [-0.1, -0.05) is 48.2 Å². The normalized spacial score (nSPS) is 13.8. The Morgan fingerprint density at radius 2 is 1.96 bits per heavy atom. The number of anilines is 1. The summed E-state index contributed by atoms with van der Waals surface area (Å²) in [5.41, 5.74) is 4.82. The maximum atomic E-state index is 12.7. The molecule has 2 aromatic carbocycles. The Labute approximate surface area is 166 Å². The van der Waals surface area contributed by atoms with Gasteiger partial charge in [0.25, 0.3) is 0 Å². The molecule has 0 saturated heterocycles. The third-order valence-electron chi connectivity index (χ3n) is 5.06. The number of carbonyl (C=O) groups excluding carboxylic acids is 1. The third-order valence-corrected chi connectivity index (χ3v) is 5.90. The third kappa shape index (κ3) is 3.11. The topological polar surface area (TPSA) is 74.8 Å². The zero-order chi connectivity index (χ0) is 18.9. The molecule has 140 valence electrons. The number of para-hydroxylation sites is 2. The Kier molecular flexibility index (Phi) is 4.44. The summed E-state index contributed by atoms with van der Waals surface area (Å²) in [5, 5.41) is 10.2. The van der Waals surface area contributed by atoms with Gasteiger partial charge in [0.1, 0.15) is 5.52 Å². The van der Waals surface area contributed by atoms with Crippen LogP contribution in [-0.4, -0.2) is 38.4 Å². The van der Waals surface area contributed by atoms with E-state index in [-0.39, 0.29) is 5.91 Å². The van der Waals surface area contributed by atoms with Gasteiger partial charge in [0.05, 0.1) is 0 Å². The van der Waals surface area contributed by atoms with E-state index in [0.29, 0.717) is 17.3 Å². The number of nitrogens with zero attached hydrogens (tertiary/aromatic N) is 4. The minimum absolute atomic E-state index is 0.152. The monoisotopic (exact) mass is 389 g/mol. The van der Waals surface area contributed by atoms with E-state index in [2.05, 4.69) is 26.2 Å². The quantitative estimate of drug-likeness (QED) is 0.535. The van der Waals surface area contributed by atoms with Crippen molar-refractivity contribution in [1.29, 1.82) is 0 Å². The van der Waals surface area contributed by atoms with E-state index in [1.807, 2.05) is 47.4 Å². The standard InChI is InChI=1S/C21H19N5OS/c27-18(26-12-5-7-14-6-1-4-10-17(14)26)11-13-28-21-23-20-19(24-25-21)15-8-2-3-9-16(15)22-20/h1-4,6,8-10H,5,7,11-13H2,(H,22,23,25). The lowest BCUT2D eigenvalue weighted by molar-refractivity contribution is -0.118. The predicted molar refractivity (Wildman–Crippen MR) is 112 cm³/mol.